The van der Waals surface area contributed by atoms with Gasteiger partial charge in [-0.15, -0.1) is 0 Å². The number of nitrogens with two attached hydrogens (primary N) is 1. The van der Waals surface area contributed by atoms with E-state index in [4.69, 9.17) is 5.73 Å². The summed E-state index contributed by atoms with van der Waals surface area (Å²) in [5.41, 5.74) is 5.66. The molecule has 1 fully saturated rings. The van der Waals surface area contributed by atoms with E-state index >= 15 is 0 Å². The minimum Gasteiger partial charge on any atom is -0.387 e. The van der Waals surface area contributed by atoms with E-state index in [2.05, 4.69) is 4.99 Å². The molecule has 0 heterocycles. The van der Waals surface area contributed by atoms with E-state index in [0.29, 0.717) is 18.2 Å². The van der Waals surface area contributed by atoms with Crippen molar-refractivity contribution in [1.29, 1.82) is 0 Å². The largest absolute Gasteiger partial charge is 0.387 e. The highest BCUT2D eigenvalue weighted by Crippen LogP contribution is 2.28. The number of rotatable bonds is 5. The average molecular weight is 188 g/mol. The maximum atomic E-state index is 11.0. The molecule has 1 saturated carbocycles. The Morgan fingerprint density at radius 1 is 1.67 bits per heavy atom. The second-order valence-corrected chi connectivity index (χ2v) is 4.88. The Labute approximate surface area is 75.9 Å². The Hall–Kier alpha value is -0.380. The van der Waals surface area contributed by atoms with Gasteiger partial charge in [-0.1, -0.05) is 6.92 Å². The molecule has 1 unspecified atom stereocenters. The number of hydrogen-bond acceptors (Lipinski definition) is 2. The number of nitrogens with zero attached hydrogens (tertiary/aromatic N) is 1. The maximum absolute atomic E-state index is 11.0. The van der Waals surface area contributed by atoms with Crippen molar-refractivity contribution in [1.82, 2.24) is 0 Å². The third-order valence-corrected chi connectivity index (χ3v) is 3.21. The predicted octanol–water partition coefficient (Wildman–Crippen LogP) is 0.522. The highest BCUT2D eigenvalue weighted by molar-refractivity contribution is 7.84. The molecule has 0 aromatic heterocycles. The Morgan fingerprint density at radius 2 is 2.33 bits per heavy atom. The summed E-state index contributed by atoms with van der Waals surface area (Å²) in [5, 5.41) is 0. The first-order valence-corrected chi connectivity index (χ1v) is 5.87. The zero-order valence-corrected chi connectivity index (χ0v) is 8.27. The molecule has 0 aromatic carbocycles. The van der Waals surface area contributed by atoms with Crippen LogP contribution in [0.25, 0.3) is 0 Å². The normalized spacial score (nSPS) is 20.9. The van der Waals surface area contributed by atoms with Gasteiger partial charge in [0.1, 0.15) is 0 Å². The fraction of sp³-hybridized carbons (Fsp3) is 0.875. The van der Waals surface area contributed by atoms with Gasteiger partial charge in [0.15, 0.2) is 0 Å². The van der Waals surface area contributed by atoms with E-state index in [9.17, 15) is 4.21 Å². The monoisotopic (exact) mass is 188 g/mol. The zero-order valence-electron chi connectivity index (χ0n) is 7.45. The number of hydrogen-bond donors (Lipinski definition) is 1. The molecule has 0 amide bonds. The highest BCUT2D eigenvalue weighted by atomic mass is 32.2. The quantitative estimate of drug-likeness (QED) is 0.505. The number of aliphatic imine (C=N–C) groups is 1. The highest BCUT2D eigenvalue weighted by Gasteiger charge is 2.24. The van der Waals surface area contributed by atoms with Crippen LogP contribution in [-0.4, -0.2) is 28.1 Å². The SMILES string of the molecule is CCS(=O)CCN=C(N)C1CC1. The summed E-state index contributed by atoms with van der Waals surface area (Å²) >= 11 is 0. The zero-order chi connectivity index (χ0) is 8.97. The van der Waals surface area contributed by atoms with Crippen molar-refractivity contribution in [3.8, 4) is 0 Å². The van der Waals surface area contributed by atoms with E-state index < -0.39 is 10.8 Å². The average Bonchev–Trinajstić information content (AvgIpc) is 2.86. The molecule has 1 aliphatic carbocycles. The molecule has 0 bridgehead atoms. The molecule has 2 N–H and O–H groups in total. The van der Waals surface area contributed by atoms with Crippen molar-refractivity contribution in [3.63, 3.8) is 0 Å². The Morgan fingerprint density at radius 3 is 2.83 bits per heavy atom. The molecule has 70 valence electrons. The van der Waals surface area contributed by atoms with Crippen LogP contribution in [-0.2, 0) is 10.8 Å². The second-order valence-electron chi connectivity index (χ2n) is 3.01. The van der Waals surface area contributed by atoms with Gasteiger partial charge in [-0.3, -0.25) is 9.20 Å². The summed E-state index contributed by atoms with van der Waals surface area (Å²) < 4.78 is 11.0. The molecule has 0 aromatic rings. The van der Waals surface area contributed by atoms with Crippen molar-refractivity contribution < 1.29 is 4.21 Å². The molecular formula is C8H16N2OS. The van der Waals surface area contributed by atoms with Crippen molar-refractivity contribution in [2.75, 3.05) is 18.1 Å². The standard InChI is InChI=1S/C8H16N2OS/c1-2-12(11)6-5-10-8(9)7-3-4-7/h7H,2-6H2,1H3,(H2,9,10). The molecule has 1 atom stereocenters. The Kier molecular flexibility index (Phi) is 3.72. The summed E-state index contributed by atoms with van der Waals surface area (Å²) in [6, 6.07) is 0. The van der Waals surface area contributed by atoms with E-state index in [1.165, 1.54) is 12.8 Å². The van der Waals surface area contributed by atoms with Gasteiger partial charge in [-0.2, -0.15) is 0 Å². The Bertz CT molecular complexity index is 199. The minimum absolute atomic E-state index is 0.542. The summed E-state index contributed by atoms with van der Waals surface area (Å²) in [6.45, 7) is 2.55. The first-order valence-electron chi connectivity index (χ1n) is 4.38. The molecule has 1 aliphatic rings. The van der Waals surface area contributed by atoms with Crippen molar-refractivity contribution >= 4 is 16.6 Å². The lowest BCUT2D eigenvalue weighted by molar-refractivity contribution is 0.683. The van der Waals surface area contributed by atoms with Crippen LogP contribution in [0.15, 0.2) is 4.99 Å². The fourth-order valence-electron chi connectivity index (χ4n) is 0.929. The van der Waals surface area contributed by atoms with Gasteiger partial charge in [0.25, 0.3) is 0 Å². The first-order chi connectivity index (χ1) is 5.74. The smallest absolute Gasteiger partial charge is 0.0968 e. The van der Waals surface area contributed by atoms with E-state index in [1.54, 1.807) is 0 Å². The molecular weight excluding hydrogens is 172 g/mol. The lowest BCUT2D eigenvalue weighted by Gasteiger charge is -1.97. The summed E-state index contributed by atoms with van der Waals surface area (Å²) in [7, 11) is -0.699. The molecule has 0 spiro atoms. The van der Waals surface area contributed by atoms with Crippen LogP contribution < -0.4 is 5.73 Å². The molecule has 0 radical (unpaired) electrons. The third kappa shape index (κ3) is 3.34. The van der Waals surface area contributed by atoms with Gasteiger partial charge in [-0.05, 0) is 12.8 Å². The van der Waals surface area contributed by atoms with Crippen molar-refractivity contribution in [3.05, 3.63) is 0 Å². The van der Waals surface area contributed by atoms with Crippen LogP contribution in [0.1, 0.15) is 19.8 Å². The van der Waals surface area contributed by atoms with E-state index in [0.717, 1.165) is 11.6 Å². The number of amidine groups is 1. The van der Waals surface area contributed by atoms with Gasteiger partial charge in [0.05, 0.1) is 12.4 Å². The lowest BCUT2D eigenvalue weighted by atomic mass is 10.4. The van der Waals surface area contributed by atoms with Crippen molar-refractivity contribution in [2.45, 2.75) is 19.8 Å². The Balaban J connectivity index is 2.14. The van der Waals surface area contributed by atoms with E-state index in [-0.39, 0.29) is 0 Å². The molecule has 4 heteroatoms. The van der Waals surface area contributed by atoms with Crippen LogP contribution in [0.4, 0.5) is 0 Å². The van der Waals surface area contributed by atoms with Crippen molar-refractivity contribution in [2.24, 2.45) is 16.6 Å². The van der Waals surface area contributed by atoms with Crippen LogP contribution in [0.5, 0.6) is 0 Å². The molecule has 12 heavy (non-hydrogen) atoms. The van der Waals surface area contributed by atoms with Crippen LogP contribution >= 0.6 is 0 Å². The van der Waals surface area contributed by atoms with Crippen LogP contribution in [0.2, 0.25) is 0 Å². The lowest BCUT2D eigenvalue weighted by Crippen LogP contribution is -2.16. The molecule has 0 aliphatic heterocycles. The van der Waals surface area contributed by atoms with Gasteiger partial charge in [-0.25, -0.2) is 0 Å². The van der Waals surface area contributed by atoms with E-state index in [1.807, 2.05) is 6.92 Å². The summed E-state index contributed by atoms with van der Waals surface area (Å²) in [5.74, 6) is 2.69. The van der Waals surface area contributed by atoms with Gasteiger partial charge < -0.3 is 5.73 Å². The third-order valence-electron chi connectivity index (χ3n) is 1.93. The molecule has 0 saturated heterocycles. The molecule has 3 nitrogen and oxygen atoms in total. The maximum Gasteiger partial charge on any atom is 0.0968 e. The first kappa shape index (κ1) is 9.71. The fourth-order valence-corrected chi connectivity index (χ4v) is 1.51. The minimum atomic E-state index is -0.699. The second kappa shape index (κ2) is 4.60. The van der Waals surface area contributed by atoms with Gasteiger partial charge >= 0.3 is 0 Å². The van der Waals surface area contributed by atoms with Crippen LogP contribution in [0.3, 0.4) is 0 Å². The van der Waals surface area contributed by atoms with Crippen LogP contribution in [0, 0.1) is 5.92 Å². The molecule has 1 rings (SSSR count). The topological polar surface area (TPSA) is 55.5 Å². The summed E-state index contributed by atoms with van der Waals surface area (Å²) in [4.78, 5) is 4.18. The predicted molar refractivity (Wildman–Crippen MR) is 52.8 cm³/mol. The summed E-state index contributed by atoms with van der Waals surface area (Å²) in [6.07, 6.45) is 2.37. The van der Waals surface area contributed by atoms with Gasteiger partial charge in [0.2, 0.25) is 0 Å². The van der Waals surface area contributed by atoms with Gasteiger partial charge in [0, 0.05) is 28.2 Å².